The van der Waals surface area contributed by atoms with Gasteiger partial charge >= 0.3 is 0 Å². The van der Waals surface area contributed by atoms with E-state index in [4.69, 9.17) is 10.5 Å². The number of halogens is 2. The molecule has 4 aromatic rings. The summed E-state index contributed by atoms with van der Waals surface area (Å²) in [6.07, 6.45) is 3.06. The van der Waals surface area contributed by atoms with Crippen LogP contribution < -0.4 is 10.5 Å². The summed E-state index contributed by atoms with van der Waals surface area (Å²) in [4.78, 5) is 4.30. The Kier molecular flexibility index (Phi) is 6.66. The quantitative estimate of drug-likeness (QED) is 0.405. The molecule has 1 aromatic carbocycles. The number of aryl methyl sites for hydroxylation is 1. The van der Waals surface area contributed by atoms with Crippen molar-refractivity contribution in [3.8, 4) is 16.9 Å². The van der Waals surface area contributed by atoms with Crippen LogP contribution in [0.3, 0.4) is 0 Å². The Labute approximate surface area is 203 Å². The SMILES string of the molecule is Cc1c(CCOc2c(-c3ccc4ncc(CN)n4c3)ccc(F)c2F)c(C(O)C(C)(C)C)nn1C. The molecule has 7 nitrogen and oxygen atoms in total. The number of nitrogens with zero attached hydrogens (tertiary/aromatic N) is 4. The summed E-state index contributed by atoms with van der Waals surface area (Å²) in [5, 5.41) is 15.3. The second-order valence-corrected chi connectivity index (χ2v) is 9.78. The number of aliphatic hydroxyl groups excluding tert-OH is 1. The van der Waals surface area contributed by atoms with E-state index in [0.29, 0.717) is 35.4 Å². The van der Waals surface area contributed by atoms with Crippen molar-refractivity contribution < 1.29 is 18.6 Å². The van der Waals surface area contributed by atoms with E-state index in [0.717, 1.165) is 23.0 Å². The number of benzene rings is 1. The fourth-order valence-electron chi connectivity index (χ4n) is 4.11. The first kappa shape index (κ1) is 24.8. The van der Waals surface area contributed by atoms with E-state index in [-0.39, 0.29) is 12.4 Å². The van der Waals surface area contributed by atoms with Crippen LogP contribution in [0, 0.1) is 24.0 Å². The number of imidazole rings is 1. The lowest BCUT2D eigenvalue weighted by Crippen LogP contribution is -2.20. The van der Waals surface area contributed by atoms with Crippen LogP contribution >= 0.6 is 0 Å². The van der Waals surface area contributed by atoms with Crippen LogP contribution in [0.1, 0.15) is 49.5 Å². The minimum atomic E-state index is -1.05. The Morgan fingerprint density at radius 2 is 1.91 bits per heavy atom. The number of ether oxygens (including phenoxy) is 1. The zero-order valence-electron chi connectivity index (χ0n) is 20.6. The highest BCUT2D eigenvalue weighted by Crippen LogP contribution is 2.36. The molecule has 0 saturated carbocycles. The summed E-state index contributed by atoms with van der Waals surface area (Å²) in [6.45, 7) is 8.07. The molecule has 0 amide bonds. The zero-order chi connectivity index (χ0) is 25.5. The Morgan fingerprint density at radius 1 is 1.17 bits per heavy atom. The van der Waals surface area contributed by atoms with Gasteiger partial charge in [-0.3, -0.25) is 4.68 Å². The third-order valence-corrected chi connectivity index (χ3v) is 6.32. The second kappa shape index (κ2) is 9.39. The van der Waals surface area contributed by atoms with E-state index in [2.05, 4.69) is 10.1 Å². The normalized spacial score (nSPS) is 12.9. The average Bonchev–Trinajstić information content (AvgIpc) is 3.35. The van der Waals surface area contributed by atoms with Gasteiger partial charge in [0.05, 0.1) is 24.2 Å². The van der Waals surface area contributed by atoms with E-state index in [1.807, 2.05) is 39.1 Å². The van der Waals surface area contributed by atoms with Crippen molar-refractivity contribution in [3.05, 3.63) is 70.9 Å². The predicted octanol–water partition coefficient (Wildman–Crippen LogP) is 4.48. The minimum Gasteiger partial charge on any atom is -0.489 e. The van der Waals surface area contributed by atoms with Crippen LogP contribution in [-0.4, -0.2) is 30.9 Å². The van der Waals surface area contributed by atoms with Gasteiger partial charge in [0.25, 0.3) is 0 Å². The van der Waals surface area contributed by atoms with Gasteiger partial charge in [0.15, 0.2) is 11.6 Å². The van der Waals surface area contributed by atoms with E-state index in [9.17, 15) is 13.9 Å². The molecular weight excluding hydrogens is 452 g/mol. The maximum atomic E-state index is 14.9. The van der Waals surface area contributed by atoms with Gasteiger partial charge in [-0.05, 0) is 36.6 Å². The second-order valence-electron chi connectivity index (χ2n) is 9.78. The van der Waals surface area contributed by atoms with Gasteiger partial charge in [0.1, 0.15) is 11.8 Å². The van der Waals surface area contributed by atoms with Crippen LogP contribution in [0.15, 0.2) is 36.7 Å². The molecule has 1 unspecified atom stereocenters. The topological polar surface area (TPSA) is 90.6 Å². The molecule has 0 aliphatic heterocycles. The first-order valence-corrected chi connectivity index (χ1v) is 11.5. The standard InChI is InChI=1S/C26H31F2N5O2/c1-15-18(23(31-32(15)5)25(34)26(2,3)4)10-11-35-24-19(7-8-20(27)22(24)28)16-6-9-21-30-13-17(12-29)33(21)14-16/h6-9,13-14,25,34H,10-12,29H2,1-5H3. The third kappa shape index (κ3) is 4.66. The molecule has 3 heterocycles. The first-order valence-electron chi connectivity index (χ1n) is 11.5. The maximum absolute atomic E-state index is 14.9. The number of pyridine rings is 1. The van der Waals surface area contributed by atoms with Gasteiger partial charge in [0, 0.05) is 48.6 Å². The molecule has 3 aromatic heterocycles. The van der Waals surface area contributed by atoms with Crippen LogP contribution in [0.5, 0.6) is 5.75 Å². The molecule has 0 radical (unpaired) electrons. The fraction of sp³-hybridized carbons (Fsp3) is 0.385. The van der Waals surface area contributed by atoms with Gasteiger partial charge < -0.3 is 20.0 Å². The summed E-state index contributed by atoms with van der Waals surface area (Å²) < 4.78 is 38.5. The monoisotopic (exact) mass is 483 g/mol. The van der Waals surface area contributed by atoms with Gasteiger partial charge in [-0.25, -0.2) is 9.37 Å². The molecule has 0 aliphatic rings. The van der Waals surface area contributed by atoms with E-state index in [1.54, 1.807) is 29.2 Å². The molecule has 3 N–H and O–H groups in total. The number of aliphatic hydroxyl groups is 1. The largest absolute Gasteiger partial charge is 0.489 e. The number of hydrogen-bond donors (Lipinski definition) is 2. The van der Waals surface area contributed by atoms with Gasteiger partial charge in [-0.15, -0.1) is 0 Å². The van der Waals surface area contributed by atoms with Gasteiger partial charge in [0.2, 0.25) is 5.82 Å². The highest BCUT2D eigenvalue weighted by molar-refractivity contribution is 5.71. The van der Waals surface area contributed by atoms with E-state index >= 15 is 0 Å². The first-order chi connectivity index (χ1) is 16.5. The summed E-state index contributed by atoms with van der Waals surface area (Å²) >= 11 is 0. The summed E-state index contributed by atoms with van der Waals surface area (Å²) in [6, 6.07) is 6.16. The molecule has 1 atom stereocenters. The Balaban J connectivity index is 1.65. The smallest absolute Gasteiger partial charge is 0.201 e. The van der Waals surface area contributed by atoms with Crippen molar-refractivity contribution >= 4 is 5.65 Å². The number of hydrogen-bond acceptors (Lipinski definition) is 5. The predicted molar refractivity (Wildman–Crippen MR) is 130 cm³/mol. The molecule has 0 spiro atoms. The molecule has 0 saturated heterocycles. The maximum Gasteiger partial charge on any atom is 0.201 e. The van der Waals surface area contributed by atoms with E-state index in [1.165, 1.54) is 6.07 Å². The van der Waals surface area contributed by atoms with Gasteiger partial charge in [-0.1, -0.05) is 20.8 Å². The van der Waals surface area contributed by atoms with Gasteiger partial charge in [-0.2, -0.15) is 9.49 Å². The Morgan fingerprint density at radius 3 is 2.60 bits per heavy atom. The number of fused-ring (bicyclic) bond motifs is 1. The fourth-order valence-corrected chi connectivity index (χ4v) is 4.11. The highest BCUT2D eigenvalue weighted by atomic mass is 19.2. The van der Waals surface area contributed by atoms with Crippen molar-refractivity contribution in [3.63, 3.8) is 0 Å². The Bertz CT molecular complexity index is 1370. The lowest BCUT2D eigenvalue weighted by atomic mass is 9.85. The number of aromatic nitrogens is 4. The van der Waals surface area contributed by atoms with Crippen LogP contribution in [0.2, 0.25) is 0 Å². The lowest BCUT2D eigenvalue weighted by Gasteiger charge is -2.25. The molecule has 0 bridgehead atoms. The molecule has 35 heavy (non-hydrogen) atoms. The summed E-state index contributed by atoms with van der Waals surface area (Å²) in [7, 11) is 1.81. The van der Waals surface area contributed by atoms with Crippen LogP contribution in [-0.2, 0) is 20.0 Å². The number of nitrogens with two attached hydrogens (primary N) is 1. The molecule has 0 fully saturated rings. The van der Waals surface area contributed by atoms with Crippen molar-refractivity contribution in [1.29, 1.82) is 0 Å². The average molecular weight is 484 g/mol. The molecule has 0 aliphatic carbocycles. The minimum absolute atomic E-state index is 0.0745. The number of rotatable bonds is 7. The van der Waals surface area contributed by atoms with Crippen LogP contribution in [0.4, 0.5) is 8.78 Å². The highest BCUT2D eigenvalue weighted by Gasteiger charge is 2.30. The summed E-state index contributed by atoms with van der Waals surface area (Å²) in [5.74, 6) is -2.21. The van der Waals surface area contributed by atoms with Crippen molar-refractivity contribution in [2.45, 2.75) is 46.8 Å². The van der Waals surface area contributed by atoms with Crippen molar-refractivity contribution in [2.75, 3.05) is 6.61 Å². The van der Waals surface area contributed by atoms with Crippen molar-refractivity contribution in [1.82, 2.24) is 19.2 Å². The lowest BCUT2D eigenvalue weighted by molar-refractivity contribution is 0.0575. The summed E-state index contributed by atoms with van der Waals surface area (Å²) in [5.41, 5.74) is 10.2. The molecule has 9 heteroatoms. The van der Waals surface area contributed by atoms with Crippen molar-refractivity contribution in [2.24, 2.45) is 18.2 Å². The molecule has 186 valence electrons. The third-order valence-electron chi connectivity index (χ3n) is 6.32. The molecular formula is C26H31F2N5O2. The van der Waals surface area contributed by atoms with Crippen LogP contribution in [0.25, 0.3) is 16.8 Å². The Hall–Kier alpha value is -3.30. The van der Waals surface area contributed by atoms with E-state index < -0.39 is 23.2 Å². The zero-order valence-corrected chi connectivity index (χ0v) is 20.6. The molecule has 4 rings (SSSR count).